The molecule has 0 saturated heterocycles. The molecule has 18 heavy (non-hydrogen) atoms. The largest absolute Gasteiger partial charge is 0.314 e. The van der Waals surface area contributed by atoms with Crippen molar-refractivity contribution in [2.24, 2.45) is 5.92 Å². The number of thiophene rings is 1. The van der Waals surface area contributed by atoms with E-state index in [1.807, 2.05) is 11.3 Å². The van der Waals surface area contributed by atoms with Gasteiger partial charge in [-0.1, -0.05) is 32.0 Å². The Morgan fingerprint density at radius 3 is 2.89 bits per heavy atom. The molecule has 3 atom stereocenters. The van der Waals surface area contributed by atoms with E-state index < -0.39 is 0 Å². The van der Waals surface area contributed by atoms with Crippen molar-refractivity contribution in [3.05, 3.63) is 35.2 Å². The van der Waals surface area contributed by atoms with Gasteiger partial charge in [0.1, 0.15) is 0 Å². The van der Waals surface area contributed by atoms with Gasteiger partial charge in [0.25, 0.3) is 0 Å². The number of hydrogen-bond acceptors (Lipinski definition) is 2. The molecule has 1 nitrogen and oxygen atoms in total. The predicted molar refractivity (Wildman–Crippen MR) is 80.4 cm³/mol. The summed E-state index contributed by atoms with van der Waals surface area (Å²) in [6.45, 7) is 5.79. The third-order valence-corrected chi connectivity index (χ3v) is 5.49. The molecule has 3 rings (SSSR count). The Bertz CT molecular complexity index is 498. The maximum absolute atomic E-state index is 3.66. The van der Waals surface area contributed by atoms with Crippen molar-refractivity contribution in [1.29, 1.82) is 0 Å². The van der Waals surface area contributed by atoms with Crippen molar-refractivity contribution in [2.45, 2.75) is 38.6 Å². The van der Waals surface area contributed by atoms with Crippen LogP contribution in [-0.4, -0.2) is 12.6 Å². The average Bonchev–Trinajstić information content (AvgIpc) is 2.80. The zero-order chi connectivity index (χ0) is 12.5. The molecule has 0 spiro atoms. The van der Waals surface area contributed by atoms with Crippen molar-refractivity contribution >= 4 is 21.4 Å². The fourth-order valence-corrected chi connectivity index (χ4v) is 4.24. The first-order chi connectivity index (χ1) is 8.79. The summed E-state index contributed by atoms with van der Waals surface area (Å²) in [7, 11) is 0. The fraction of sp³-hybridized carbons (Fsp3) is 0.500. The van der Waals surface area contributed by atoms with Gasteiger partial charge in [0.15, 0.2) is 0 Å². The fourth-order valence-electron chi connectivity index (χ4n) is 2.95. The van der Waals surface area contributed by atoms with E-state index in [1.165, 1.54) is 22.9 Å². The van der Waals surface area contributed by atoms with Gasteiger partial charge >= 0.3 is 0 Å². The maximum atomic E-state index is 3.66. The van der Waals surface area contributed by atoms with Crippen molar-refractivity contribution in [2.75, 3.05) is 6.54 Å². The number of rotatable bonds is 4. The molecule has 2 aromatic rings. The van der Waals surface area contributed by atoms with Gasteiger partial charge in [-0.2, -0.15) is 0 Å². The van der Waals surface area contributed by atoms with E-state index in [-0.39, 0.29) is 0 Å². The Kier molecular flexibility index (Phi) is 3.40. The quantitative estimate of drug-likeness (QED) is 0.858. The molecule has 0 bridgehead atoms. The van der Waals surface area contributed by atoms with Crippen LogP contribution in [0, 0.1) is 5.92 Å². The Balaban J connectivity index is 1.73. The smallest absolute Gasteiger partial charge is 0.0345 e. The van der Waals surface area contributed by atoms with Gasteiger partial charge in [0, 0.05) is 15.6 Å². The highest BCUT2D eigenvalue weighted by Crippen LogP contribution is 2.46. The van der Waals surface area contributed by atoms with Crippen LogP contribution in [0.15, 0.2) is 30.3 Å². The summed E-state index contributed by atoms with van der Waals surface area (Å²) in [5, 5.41) is 5.07. The Morgan fingerprint density at radius 2 is 2.17 bits per heavy atom. The molecule has 3 unspecified atom stereocenters. The first kappa shape index (κ1) is 12.2. The van der Waals surface area contributed by atoms with Gasteiger partial charge in [-0.3, -0.25) is 0 Å². The van der Waals surface area contributed by atoms with Crippen LogP contribution < -0.4 is 5.32 Å². The summed E-state index contributed by atoms with van der Waals surface area (Å²) < 4.78 is 1.43. The number of nitrogens with one attached hydrogen (secondary N) is 1. The van der Waals surface area contributed by atoms with E-state index in [4.69, 9.17) is 0 Å². The number of fused-ring (bicyclic) bond motifs is 1. The van der Waals surface area contributed by atoms with E-state index in [9.17, 15) is 0 Å². The zero-order valence-corrected chi connectivity index (χ0v) is 12.0. The first-order valence-corrected chi connectivity index (χ1v) is 7.83. The highest BCUT2D eigenvalue weighted by molar-refractivity contribution is 7.19. The predicted octanol–water partition coefficient (Wildman–Crippen LogP) is 4.39. The van der Waals surface area contributed by atoms with Crippen LogP contribution in [0.2, 0.25) is 0 Å². The van der Waals surface area contributed by atoms with E-state index in [2.05, 4.69) is 49.5 Å². The molecule has 1 heterocycles. The van der Waals surface area contributed by atoms with E-state index in [0.29, 0.717) is 0 Å². The lowest BCUT2D eigenvalue weighted by Gasteiger charge is -2.43. The van der Waals surface area contributed by atoms with Crippen molar-refractivity contribution in [3.63, 3.8) is 0 Å². The molecule has 0 aliphatic heterocycles. The third-order valence-electron chi connectivity index (χ3n) is 4.24. The standard InChI is InChI=1S/C16H21NS/c1-3-8-17-14-10-13(11(14)2)16-9-12-6-4-5-7-15(12)18-16/h4-7,9,11,13-14,17H,3,8,10H2,1-2H3. The van der Waals surface area contributed by atoms with Crippen molar-refractivity contribution in [3.8, 4) is 0 Å². The molecule has 0 radical (unpaired) electrons. The SMILES string of the molecule is CCCNC1CC(c2cc3ccccc3s2)C1C. The first-order valence-electron chi connectivity index (χ1n) is 7.01. The second-order valence-corrected chi connectivity index (χ2v) is 6.56. The zero-order valence-electron chi connectivity index (χ0n) is 11.1. The topological polar surface area (TPSA) is 12.0 Å². The van der Waals surface area contributed by atoms with Gasteiger partial charge in [0.05, 0.1) is 0 Å². The Morgan fingerprint density at radius 1 is 1.33 bits per heavy atom. The third kappa shape index (κ3) is 2.08. The van der Waals surface area contributed by atoms with Crippen LogP contribution in [0.5, 0.6) is 0 Å². The van der Waals surface area contributed by atoms with Crippen molar-refractivity contribution < 1.29 is 0 Å². The Hall–Kier alpha value is -0.860. The molecule has 96 valence electrons. The molecule has 1 fully saturated rings. The Labute approximate surface area is 113 Å². The molecule has 1 aliphatic carbocycles. The maximum Gasteiger partial charge on any atom is 0.0345 e. The van der Waals surface area contributed by atoms with Gasteiger partial charge in [-0.05, 0) is 48.7 Å². The second kappa shape index (κ2) is 5.02. The molecule has 1 saturated carbocycles. The summed E-state index contributed by atoms with van der Waals surface area (Å²) in [6, 6.07) is 11.9. The molecule has 1 aliphatic rings. The minimum atomic E-state index is 0.736. The molecule has 2 heteroatoms. The lowest BCUT2D eigenvalue weighted by atomic mass is 9.69. The van der Waals surface area contributed by atoms with Crippen LogP contribution in [0.4, 0.5) is 0 Å². The molecule has 1 aromatic heterocycles. The minimum absolute atomic E-state index is 0.736. The van der Waals surface area contributed by atoms with Gasteiger partial charge in [-0.25, -0.2) is 0 Å². The highest BCUT2D eigenvalue weighted by Gasteiger charge is 2.38. The minimum Gasteiger partial charge on any atom is -0.314 e. The normalized spacial score (nSPS) is 27.3. The molecular weight excluding hydrogens is 238 g/mol. The highest BCUT2D eigenvalue weighted by atomic mass is 32.1. The molecule has 1 N–H and O–H groups in total. The van der Waals surface area contributed by atoms with Gasteiger partial charge in [0.2, 0.25) is 0 Å². The van der Waals surface area contributed by atoms with E-state index in [0.717, 1.165) is 24.4 Å². The van der Waals surface area contributed by atoms with Crippen LogP contribution in [0.3, 0.4) is 0 Å². The summed E-state index contributed by atoms with van der Waals surface area (Å²) >= 11 is 1.98. The average molecular weight is 259 g/mol. The second-order valence-electron chi connectivity index (χ2n) is 5.45. The lowest BCUT2D eigenvalue weighted by Crippen LogP contribution is -2.47. The van der Waals surface area contributed by atoms with E-state index in [1.54, 1.807) is 4.88 Å². The molecule has 1 aromatic carbocycles. The van der Waals surface area contributed by atoms with Crippen LogP contribution in [0.25, 0.3) is 10.1 Å². The van der Waals surface area contributed by atoms with E-state index >= 15 is 0 Å². The summed E-state index contributed by atoms with van der Waals surface area (Å²) in [4.78, 5) is 1.58. The molecule has 0 amide bonds. The summed E-state index contributed by atoms with van der Waals surface area (Å²) in [5.41, 5.74) is 0. The van der Waals surface area contributed by atoms with Gasteiger partial charge in [-0.15, -0.1) is 11.3 Å². The van der Waals surface area contributed by atoms with Crippen molar-refractivity contribution in [1.82, 2.24) is 5.32 Å². The van der Waals surface area contributed by atoms with Crippen LogP contribution in [-0.2, 0) is 0 Å². The summed E-state index contributed by atoms with van der Waals surface area (Å²) in [5.74, 6) is 1.56. The number of benzene rings is 1. The monoisotopic (exact) mass is 259 g/mol. The summed E-state index contributed by atoms with van der Waals surface area (Å²) in [6.07, 6.45) is 2.55. The molecular formula is C16H21NS. The van der Waals surface area contributed by atoms with Crippen LogP contribution >= 0.6 is 11.3 Å². The lowest BCUT2D eigenvalue weighted by molar-refractivity contribution is 0.187. The number of hydrogen-bond donors (Lipinski definition) is 1. The van der Waals surface area contributed by atoms with Crippen LogP contribution in [0.1, 0.15) is 37.5 Å². The van der Waals surface area contributed by atoms with Gasteiger partial charge < -0.3 is 5.32 Å².